The Hall–Kier alpha value is -3.03. The lowest BCUT2D eigenvalue weighted by Crippen LogP contribution is -2.61. The highest BCUT2D eigenvalue weighted by atomic mass is 16.4. The van der Waals surface area contributed by atoms with Gasteiger partial charge in [0, 0.05) is 18.3 Å². The summed E-state index contributed by atoms with van der Waals surface area (Å²) in [5, 5.41) is 35.6. The van der Waals surface area contributed by atoms with Crippen molar-refractivity contribution < 1.29 is 34.5 Å². The van der Waals surface area contributed by atoms with Crippen molar-refractivity contribution in [3.8, 4) is 0 Å². The Balaban J connectivity index is 3.03. The van der Waals surface area contributed by atoms with Gasteiger partial charge in [0.25, 0.3) is 0 Å². The zero-order valence-corrected chi connectivity index (χ0v) is 18.4. The van der Waals surface area contributed by atoms with Gasteiger partial charge in [0.1, 0.15) is 12.1 Å². The summed E-state index contributed by atoms with van der Waals surface area (Å²) >= 11 is 0. The number of aliphatic hydroxyl groups is 2. The summed E-state index contributed by atoms with van der Waals surface area (Å²) in [5.41, 5.74) is 6.36. The van der Waals surface area contributed by atoms with Crippen molar-refractivity contribution in [3.63, 3.8) is 0 Å². The standard InChI is InChI=1S/C19H32N6O7/c1-8(2)13(20)17(29)23-12(5-11-6-21-7-22-11)16(28)24-14(9(3)26)18(30)25-15(10(4)27)19(31)32/h6-10,12-15,26-27H,5,20H2,1-4H3,(H,21,22)(H,23,29)(H,24,28)(H,25,30)(H,31,32). The number of hydrogen-bond donors (Lipinski definition) is 8. The number of nitrogens with two attached hydrogens (primary N) is 1. The molecule has 0 saturated heterocycles. The van der Waals surface area contributed by atoms with Gasteiger partial charge in [-0.3, -0.25) is 14.4 Å². The van der Waals surface area contributed by atoms with Gasteiger partial charge < -0.3 is 42.0 Å². The fraction of sp³-hybridized carbons (Fsp3) is 0.632. The fourth-order valence-electron chi connectivity index (χ4n) is 2.69. The zero-order chi connectivity index (χ0) is 24.6. The topological polar surface area (TPSA) is 220 Å². The van der Waals surface area contributed by atoms with Crippen molar-refractivity contribution in [2.45, 2.75) is 70.5 Å². The molecule has 6 unspecified atom stereocenters. The van der Waals surface area contributed by atoms with Crippen LogP contribution in [0.4, 0.5) is 0 Å². The molecular weight excluding hydrogens is 424 g/mol. The van der Waals surface area contributed by atoms with E-state index in [0.29, 0.717) is 5.69 Å². The van der Waals surface area contributed by atoms with E-state index < -0.39 is 60.1 Å². The van der Waals surface area contributed by atoms with Crippen molar-refractivity contribution in [2.24, 2.45) is 11.7 Å². The van der Waals surface area contributed by atoms with Crippen molar-refractivity contribution in [2.75, 3.05) is 0 Å². The predicted octanol–water partition coefficient (Wildman–Crippen LogP) is -2.76. The van der Waals surface area contributed by atoms with E-state index in [-0.39, 0.29) is 12.3 Å². The smallest absolute Gasteiger partial charge is 0.328 e. The van der Waals surface area contributed by atoms with Crippen LogP contribution in [-0.2, 0) is 25.6 Å². The SMILES string of the molecule is CC(C)C(N)C(=O)NC(Cc1cnc[nH]1)C(=O)NC(C(=O)NC(C(=O)O)C(C)O)C(C)O. The lowest BCUT2D eigenvalue weighted by atomic mass is 10.0. The summed E-state index contributed by atoms with van der Waals surface area (Å²) in [5.74, 6) is -4.11. The lowest BCUT2D eigenvalue weighted by Gasteiger charge is -2.27. The van der Waals surface area contributed by atoms with Crippen LogP contribution in [0.15, 0.2) is 12.5 Å². The highest BCUT2D eigenvalue weighted by Crippen LogP contribution is 2.05. The summed E-state index contributed by atoms with van der Waals surface area (Å²) in [7, 11) is 0. The molecule has 0 aliphatic carbocycles. The maximum atomic E-state index is 12.9. The number of nitrogens with zero attached hydrogens (tertiary/aromatic N) is 1. The molecule has 0 spiro atoms. The van der Waals surface area contributed by atoms with Crippen LogP contribution in [0.3, 0.4) is 0 Å². The van der Waals surface area contributed by atoms with E-state index in [2.05, 4.69) is 25.9 Å². The van der Waals surface area contributed by atoms with Gasteiger partial charge in [0.15, 0.2) is 6.04 Å². The number of carbonyl (C=O) groups is 4. The minimum atomic E-state index is -1.65. The number of aromatic amines is 1. The second-order valence-electron chi connectivity index (χ2n) is 7.90. The number of carboxylic acid groups (broad SMARTS) is 1. The molecular formula is C19H32N6O7. The Bertz CT molecular complexity index is 781. The average molecular weight is 457 g/mol. The number of aliphatic carboxylic acids is 1. The molecule has 6 atom stereocenters. The quantitative estimate of drug-likeness (QED) is 0.163. The molecule has 0 saturated carbocycles. The lowest BCUT2D eigenvalue weighted by molar-refractivity contribution is -0.146. The van der Waals surface area contributed by atoms with Crippen LogP contribution < -0.4 is 21.7 Å². The van der Waals surface area contributed by atoms with Gasteiger partial charge in [0.05, 0.1) is 24.6 Å². The van der Waals surface area contributed by atoms with Crippen LogP contribution in [0.1, 0.15) is 33.4 Å². The summed E-state index contributed by atoms with van der Waals surface area (Å²) in [4.78, 5) is 55.7. The molecule has 1 aromatic heterocycles. The van der Waals surface area contributed by atoms with E-state index in [1.807, 2.05) is 0 Å². The second kappa shape index (κ2) is 12.1. The van der Waals surface area contributed by atoms with E-state index in [4.69, 9.17) is 10.8 Å². The van der Waals surface area contributed by atoms with Crippen molar-refractivity contribution in [1.82, 2.24) is 25.9 Å². The number of hydrogen-bond acceptors (Lipinski definition) is 8. The first kappa shape index (κ1) is 27.0. The van der Waals surface area contributed by atoms with E-state index in [1.165, 1.54) is 26.4 Å². The predicted molar refractivity (Wildman–Crippen MR) is 112 cm³/mol. The Morgan fingerprint density at radius 3 is 1.97 bits per heavy atom. The maximum Gasteiger partial charge on any atom is 0.328 e. The van der Waals surface area contributed by atoms with Crippen LogP contribution in [0.25, 0.3) is 0 Å². The molecule has 13 nitrogen and oxygen atoms in total. The molecule has 9 N–H and O–H groups in total. The van der Waals surface area contributed by atoms with E-state index in [9.17, 15) is 29.4 Å². The van der Waals surface area contributed by atoms with Crippen LogP contribution in [0, 0.1) is 5.92 Å². The van der Waals surface area contributed by atoms with Gasteiger partial charge in [-0.05, 0) is 19.8 Å². The summed E-state index contributed by atoms with van der Waals surface area (Å²) in [6.07, 6.45) is -0.00824. The van der Waals surface area contributed by atoms with Crippen LogP contribution in [0.2, 0.25) is 0 Å². The number of aromatic nitrogens is 2. The summed E-state index contributed by atoms with van der Waals surface area (Å²) in [6.45, 7) is 5.87. The van der Waals surface area contributed by atoms with Crippen molar-refractivity contribution in [1.29, 1.82) is 0 Å². The summed E-state index contributed by atoms with van der Waals surface area (Å²) in [6, 6.07) is -5.26. The van der Waals surface area contributed by atoms with Gasteiger partial charge in [-0.15, -0.1) is 0 Å². The highest BCUT2D eigenvalue weighted by molar-refractivity contribution is 5.94. The number of carbonyl (C=O) groups excluding carboxylic acids is 3. The average Bonchev–Trinajstić information content (AvgIpc) is 3.20. The molecule has 0 aromatic carbocycles. The van der Waals surface area contributed by atoms with Crippen molar-refractivity contribution in [3.05, 3.63) is 18.2 Å². The van der Waals surface area contributed by atoms with Gasteiger partial charge in [0.2, 0.25) is 17.7 Å². The number of H-pyrrole nitrogens is 1. The zero-order valence-electron chi connectivity index (χ0n) is 18.4. The van der Waals surface area contributed by atoms with Crippen LogP contribution in [-0.4, -0.2) is 85.4 Å². The van der Waals surface area contributed by atoms with E-state index in [1.54, 1.807) is 13.8 Å². The molecule has 1 heterocycles. The summed E-state index contributed by atoms with van der Waals surface area (Å²) < 4.78 is 0. The largest absolute Gasteiger partial charge is 0.480 e. The molecule has 180 valence electrons. The number of rotatable bonds is 12. The highest BCUT2D eigenvalue weighted by Gasteiger charge is 2.34. The van der Waals surface area contributed by atoms with E-state index in [0.717, 1.165) is 0 Å². The molecule has 0 aliphatic heterocycles. The number of imidazole rings is 1. The maximum absolute atomic E-state index is 12.9. The van der Waals surface area contributed by atoms with Gasteiger partial charge >= 0.3 is 5.97 Å². The number of amides is 3. The monoisotopic (exact) mass is 456 g/mol. The van der Waals surface area contributed by atoms with Gasteiger partial charge in [-0.2, -0.15) is 0 Å². The van der Waals surface area contributed by atoms with Gasteiger partial charge in [-0.1, -0.05) is 13.8 Å². The molecule has 1 aromatic rings. The molecule has 0 radical (unpaired) electrons. The molecule has 0 fully saturated rings. The Morgan fingerprint density at radius 2 is 1.53 bits per heavy atom. The molecule has 1 rings (SSSR count). The molecule has 0 aliphatic rings. The molecule has 0 bridgehead atoms. The second-order valence-corrected chi connectivity index (χ2v) is 7.90. The molecule has 3 amide bonds. The minimum absolute atomic E-state index is 0.0119. The minimum Gasteiger partial charge on any atom is -0.480 e. The van der Waals surface area contributed by atoms with Gasteiger partial charge in [-0.25, -0.2) is 9.78 Å². The molecule has 32 heavy (non-hydrogen) atoms. The number of nitrogens with one attached hydrogen (secondary N) is 4. The van der Waals surface area contributed by atoms with Crippen LogP contribution in [0.5, 0.6) is 0 Å². The third kappa shape index (κ3) is 7.90. The fourth-order valence-corrected chi connectivity index (χ4v) is 2.69. The first-order chi connectivity index (χ1) is 14.8. The Morgan fingerprint density at radius 1 is 0.969 bits per heavy atom. The first-order valence-electron chi connectivity index (χ1n) is 10.1. The Labute approximate surface area is 185 Å². The van der Waals surface area contributed by atoms with E-state index >= 15 is 0 Å². The molecule has 13 heteroatoms. The normalized spacial score (nSPS) is 16.9. The number of aliphatic hydroxyl groups excluding tert-OH is 2. The Kier molecular flexibility index (Phi) is 10.2. The number of carboxylic acids is 1. The van der Waals surface area contributed by atoms with Crippen LogP contribution >= 0.6 is 0 Å². The third-order valence-corrected chi connectivity index (χ3v) is 4.74. The third-order valence-electron chi connectivity index (χ3n) is 4.74. The first-order valence-corrected chi connectivity index (χ1v) is 10.1. The van der Waals surface area contributed by atoms with Crippen molar-refractivity contribution >= 4 is 23.7 Å².